The normalized spacial score (nSPS) is 10.2. The van der Waals surface area contributed by atoms with E-state index in [9.17, 15) is 14.4 Å². The first-order chi connectivity index (χ1) is 13.9. The van der Waals surface area contributed by atoms with Crippen LogP contribution < -0.4 is 16.0 Å². The highest BCUT2D eigenvalue weighted by atomic mass is 16.2. The van der Waals surface area contributed by atoms with E-state index in [4.69, 9.17) is 0 Å². The zero-order chi connectivity index (χ0) is 21.2. The highest BCUT2D eigenvalue weighted by molar-refractivity contribution is 5.94. The van der Waals surface area contributed by atoms with Crippen LogP contribution in [0.5, 0.6) is 0 Å². The van der Waals surface area contributed by atoms with Gasteiger partial charge in [0, 0.05) is 44.0 Å². The van der Waals surface area contributed by atoms with Gasteiger partial charge in [-0.05, 0) is 48.4 Å². The Morgan fingerprint density at radius 1 is 0.793 bits per heavy atom. The summed E-state index contributed by atoms with van der Waals surface area (Å²) >= 11 is 0. The Hall–Kier alpha value is -3.35. The van der Waals surface area contributed by atoms with Crippen LogP contribution in [0, 0.1) is 0 Å². The van der Waals surface area contributed by atoms with Gasteiger partial charge < -0.3 is 20.9 Å². The van der Waals surface area contributed by atoms with Gasteiger partial charge in [-0.15, -0.1) is 0 Å². The SMILES string of the molecule is CCC(=O)Nc1ccc(NCC(=O)Nc2ccc(CCC(=O)N(C)C)cc2)cc1. The number of carbonyl (C=O) groups excluding carboxylic acids is 3. The van der Waals surface area contributed by atoms with Crippen LogP contribution in [-0.2, 0) is 20.8 Å². The molecule has 0 fully saturated rings. The van der Waals surface area contributed by atoms with Gasteiger partial charge in [0.05, 0.1) is 6.54 Å². The number of rotatable bonds is 9. The van der Waals surface area contributed by atoms with Gasteiger partial charge in [0.15, 0.2) is 0 Å². The molecule has 2 aromatic carbocycles. The third-order valence-corrected chi connectivity index (χ3v) is 4.31. The van der Waals surface area contributed by atoms with Gasteiger partial charge >= 0.3 is 0 Å². The van der Waals surface area contributed by atoms with Crippen molar-refractivity contribution in [3.63, 3.8) is 0 Å². The Morgan fingerprint density at radius 2 is 1.31 bits per heavy atom. The van der Waals surface area contributed by atoms with Gasteiger partial charge in [-0.1, -0.05) is 19.1 Å². The van der Waals surface area contributed by atoms with E-state index in [1.54, 1.807) is 38.1 Å². The van der Waals surface area contributed by atoms with E-state index in [-0.39, 0.29) is 24.3 Å². The first-order valence-corrected chi connectivity index (χ1v) is 9.60. The second-order valence-electron chi connectivity index (χ2n) is 6.87. The molecule has 0 bridgehead atoms. The fourth-order valence-electron chi connectivity index (χ4n) is 2.54. The lowest BCUT2D eigenvalue weighted by Crippen LogP contribution is -2.22. The number of hydrogen-bond donors (Lipinski definition) is 3. The van der Waals surface area contributed by atoms with E-state index >= 15 is 0 Å². The molecule has 2 aromatic rings. The summed E-state index contributed by atoms with van der Waals surface area (Å²) in [6.07, 6.45) is 1.56. The van der Waals surface area contributed by atoms with Crippen LogP contribution in [0.1, 0.15) is 25.3 Å². The van der Waals surface area contributed by atoms with Crippen molar-refractivity contribution in [1.82, 2.24) is 4.90 Å². The minimum absolute atomic E-state index is 0.0413. The predicted molar refractivity (Wildman–Crippen MR) is 116 cm³/mol. The van der Waals surface area contributed by atoms with Crippen molar-refractivity contribution in [3.8, 4) is 0 Å². The first kappa shape index (κ1) is 21.9. The van der Waals surface area contributed by atoms with Gasteiger partial charge in [0.2, 0.25) is 17.7 Å². The molecule has 0 unspecified atom stereocenters. The first-order valence-electron chi connectivity index (χ1n) is 9.60. The molecular formula is C22H28N4O3. The number of benzene rings is 2. The number of nitrogens with one attached hydrogen (secondary N) is 3. The molecule has 29 heavy (non-hydrogen) atoms. The van der Waals surface area contributed by atoms with E-state index in [2.05, 4.69) is 16.0 Å². The molecule has 0 aliphatic carbocycles. The van der Waals surface area contributed by atoms with Crippen LogP contribution in [0.3, 0.4) is 0 Å². The van der Waals surface area contributed by atoms with E-state index in [0.29, 0.717) is 24.9 Å². The van der Waals surface area contributed by atoms with Crippen molar-refractivity contribution in [2.75, 3.05) is 36.6 Å². The van der Waals surface area contributed by atoms with E-state index < -0.39 is 0 Å². The highest BCUT2D eigenvalue weighted by Crippen LogP contribution is 2.14. The molecule has 0 heterocycles. The van der Waals surface area contributed by atoms with E-state index in [1.807, 2.05) is 36.4 Å². The largest absolute Gasteiger partial charge is 0.376 e. The molecule has 0 saturated carbocycles. The Morgan fingerprint density at radius 3 is 1.86 bits per heavy atom. The molecule has 0 aromatic heterocycles. The molecular weight excluding hydrogens is 368 g/mol. The standard InChI is InChI=1S/C22H28N4O3/c1-4-20(27)24-19-12-10-17(11-13-19)23-15-21(28)25-18-8-5-16(6-9-18)7-14-22(29)26(2)3/h5-6,8-13,23H,4,7,14-15H2,1-3H3,(H,24,27)(H,25,28). The predicted octanol–water partition coefficient (Wildman–Crippen LogP) is 3.11. The molecule has 0 radical (unpaired) electrons. The molecule has 3 amide bonds. The average Bonchev–Trinajstić information content (AvgIpc) is 2.72. The average molecular weight is 396 g/mol. The molecule has 0 aliphatic rings. The van der Waals surface area contributed by atoms with Crippen LogP contribution in [0.25, 0.3) is 0 Å². The number of amides is 3. The summed E-state index contributed by atoms with van der Waals surface area (Å²) in [6, 6.07) is 14.7. The summed E-state index contributed by atoms with van der Waals surface area (Å²) in [5.41, 5.74) is 3.26. The second kappa shape index (κ2) is 10.8. The Bertz CT molecular complexity index is 830. The van der Waals surface area contributed by atoms with Crippen molar-refractivity contribution in [2.45, 2.75) is 26.2 Å². The number of hydrogen-bond acceptors (Lipinski definition) is 4. The van der Waals surface area contributed by atoms with Gasteiger partial charge in [0.1, 0.15) is 0 Å². The van der Waals surface area contributed by atoms with E-state index in [1.165, 1.54) is 0 Å². The lowest BCUT2D eigenvalue weighted by molar-refractivity contribution is -0.128. The molecule has 0 atom stereocenters. The fraction of sp³-hybridized carbons (Fsp3) is 0.318. The fourth-order valence-corrected chi connectivity index (χ4v) is 2.54. The Balaban J connectivity index is 1.77. The molecule has 7 nitrogen and oxygen atoms in total. The molecule has 2 rings (SSSR count). The van der Waals surface area contributed by atoms with Crippen molar-refractivity contribution < 1.29 is 14.4 Å². The quantitative estimate of drug-likeness (QED) is 0.607. The number of nitrogens with zero attached hydrogens (tertiary/aromatic N) is 1. The van der Waals surface area contributed by atoms with Gasteiger partial charge in [-0.25, -0.2) is 0 Å². The maximum Gasteiger partial charge on any atom is 0.243 e. The van der Waals surface area contributed by atoms with Gasteiger partial charge in [-0.3, -0.25) is 14.4 Å². The maximum absolute atomic E-state index is 12.1. The molecule has 3 N–H and O–H groups in total. The van der Waals surface area contributed by atoms with Crippen LogP contribution in [-0.4, -0.2) is 43.3 Å². The topological polar surface area (TPSA) is 90.5 Å². The zero-order valence-electron chi connectivity index (χ0n) is 17.1. The molecule has 0 saturated heterocycles. The molecule has 154 valence electrons. The van der Waals surface area contributed by atoms with Crippen LogP contribution in [0.4, 0.5) is 17.1 Å². The summed E-state index contributed by atoms with van der Waals surface area (Å²) in [5.74, 6) is -0.112. The lowest BCUT2D eigenvalue weighted by Gasteiger charge is -2.11. The minimum Gasteiger partial charge on any atom is -0.376 e. The number of aryl methyl sites for hydroxylation is 1. The van der Waals surface area contributed by atoms with Crippen molar-refractivity contribution in [3.05, 3.63) is 54.1 Å². The van der Waals surface area contributed by atoms with Crippen LogP contribution in [0.2, 0.25) is 0 Å². The van der Waals surface area contributed by atoms with Gasteiger partial charge in [-0.2, -0.15) is 0 Å². The number of anilines is 3. The highest BCUT2D eigenvalue weighted by Gasteiger charge is 2.06. The Kier molecular flexibility index (Phi) is 8.21. The third kappa shape index (κ3) is 7.65. The van der Waals surface area contributed by atoms with Gasteiger partial charge in [0.25, 0.3) is 0 Å². The molecule has 0 spiro atoms. The summed E-state index contributed by atoms with van der Waals surface area (Å²) in [4.78, 5) is 36.7. The summed E-state index contributed by atoms with van der Waals surface area (Å²) in [6.45, 7) is 1.92. The summed E-state index contributed by atoms with van der Waals surface area (Å²) in [5, 5.41) is 8.66. The van der Waals surface area contributed by atoms with Crippen LogP contribution in [0.15, 0.2) is 48.5 Å². The summed E-state index contributed by atoms with van der Waals surface area (Å²) < 4.78 is 0. The Labute approximate surface area is 171 Å². The molecule has 7 heteroatoms. The van der Waals surface area contributed by atoms with Crippen LogP contribution >= 0.6 is 0 Å². The zero-order valence-corrected chi connectivity index (χ0v) is 17.1. The smallest absolute Gasteiger partial charge is 0.243 e. The monoisotopic (exact) mass is 396 g/mol. The minimum atomic E-state index is -0.163. The van der Waals surface area contributed by atoms with E-state index in [0.717, 1.165) is 16.9 Å². The van der Waals surface area contributed by atoms with Crippen molar-refractivity contribution >= 4 is 34.8 Å². The second-order valence-corrected chi connectivity index (χ2v) is 6.87. The lowest BCUT2D eigenvalue weighted by atomic mass is 10.1. The number of carbonyl (C=O) groups is 3. The molecule has 0 aliphatic heterocycles. The summed E-state index contributed by atoms with van der Waals surface area (Å²) in [7, 11) is 3.49. The maximum atomic E-state index is 12.1. The third-order valence-electron chi connectivity index (χ3n) is 4.31. The van der Waals surface area contributed by atoms with Crippen molar-refractivity contribution in [2.24, 2.45) is 0 Å². The van der Waals surface area contributed by atoms with Crippen molar-refractivity contribution in [1.29, 1.82) is 0 Å².